The van der Waals surface area contributed by atoms with Gasteiger partial charge in [-0.15, -0.1) is 0 Å². The van der Waals surface area contributed by atoms with E-state index in [1.165, 1.54) is 6.07 Å². The largest absolute Gasteiger partial charge is 0.454 e. The number of hydrogen-bond donors (Lipinski definition) is 1. The van der Waals surface area contributed by atoms with E-state index in [4.69, 9.17) is 10.5 Å². The molecule has 0 unspecified atom stereocenters. The number of benzene rings is 2. The normalized spacial score (nSPS) is 10.5. The minimum Gasteiger partial charge on any atom is -0.454 e. The summed E-state index contributed by atoms with van der Waals surface area (Å²) in [5, 5.41) is 0. The van der Waals surface area contributed by atoms with E-state index in [-0.39, 0.29) is 11.6 Å². The van der Waals surface area contributed by atoms with Crippen molar-refractivity contribution in [2.24, 2.45) is 5.73 Å². The molecule has 100 valence electrons. The summed E-state index contributed by atoms with van der Waals surface area (Å²) in [6.45, 7) is 2.56. The SMILES string of the molecule is CCc1ccccc1Oc1ccc(CCN)cc1F. The van der Waals surface area contributed by atoms with Gasteiger partial charge in [0.1, 0.15) is 5.75 Å². The standard InChI is InChI=1S/C16H18FNO/c1-2-13-5-3-4-6-15(13)19-16-8-7-12(9-10-18)11-14(16)17/h3-8,11H,2,9-10,18H2,1H3. The molecule has 19 heavy (non-hydrogen) atoms. The monoisotopic (exact) mass is 259 g/mol. The number of ether oxygens (including phenoxy) is 1. The van der Waals surface area contributed by atoms with Crippen molar-refractivity contribution in [2.45, 2.75) is 19.8 Å². The van der Waals surface area contributed by atoms with Gasteiger partial charge in [0, 0.05) is 0 Å². The first-order valence-electron chi connectivity index (χ1n) is 6.49. The van der Waals surface area contributed by atoms with Crippen LogP contribution in [0.3, 0.4) is 0 Å². The van der Waals surface area contributed by atoms with Crippen molar-refractivity contribution in [1.82, 2.24) is 0 Å². The van der Waals surface area contributed by atoms with Crippen molar-refractivity contribution in [1.29, 1.82) is 0 Å². The van der Waals surface area contributed by atoms with Crippen molar-refractivity contribution in [3.63, 3.8) is 0 Å². The van der Waals surface area contributed by atoms with Crippen LogP contribution in [0.25, 0.3) is 0 Å². The summed E-state index contributed by atoms with van der Waals surface area (Å²) < 4.78 is 19.6. The van der Waals surface area contributed by atoms with Crippen LogP contribution >= 0.6 is 0 Å². The van der Waals surface area contributed by atoms with E-state index in [0.717, 1.165) is 17.5 Å². The van der Waals surface area contributed by atoms with Gasteiger partial charge in [-0.25, -0.2) is 4.39 Å². The summed E-state index contributed by atoms with van der Waals surface area (Å²) >= 11 is 0. The Morgan fingerprint density at radius 2 is 1.89 bits per heavy atom. The van der Waals surface area contributed by atoms with Crippen molar-refractivity contribution < 1.29 is 9.13 Å². The molecule has 2 nitrogen and oxygen atoms in total. The highest BCUT2D eigenvalue weighted by Gasteiger charge is 2.08. The molecule has 0 aromatic heterocycles. The first-order valence-corrected chi connectivity index (χ1v) is 6.49. The minimum absolute atomic E-state index is 0.252. The lowest BCUT2D eigenvalue weighted by Crippen LogP contribution is -2.03. The molecule has 0 radical (unpaired) electrons. The van der Waals surface area contributed by atoms with Crippen LogP contribution in [-0.4, -0.2) is 6.54 Å². The minimum atomic E-state index is -0.350. The molecule has 0 atom stereocenters. The van der Waals surface area contributed by atoms with Crippen LogP contribution in [0.2, 0.25) is 0 Å². The fourth-order valence-electron chi connectivity index (χ4n) is 1.96. The quantitative estimate of drug-likeness (QED) is 0.889. The van der Waals surface area contributed by atoms with Crippen molar-refractivity contribution in [3.05, 3.63) is 59.4 Å². The maximum Gasteiger partial charge on any atom is 0.165 e. The summed E-state index contributed by atoms with van der Waals surface area (Å²) in [5.74, 6) is 0.606. The molecule has 0 saturated heterocycles. The summed E-state index contributed by atoms with van der Waals surface area (Å²) in [5.41, 5.74) is 7.40. The van der Waals surface area contributed by atoms with Gasteiger partial charge in [-0.2, -0.15) is 0 Å². The maximum absolute atomic E-state index is 13.9. The summed E-state index contributed by atoms with van der Waals surface area (Å²) in [4.78, 5) is 0. The maximum atomic E-state index is 13.9. The van der Waals surface area contributed by atoms with Gasteiger partial charge < -0.3 is 10.5 Å². The van der Waals surface area contributed by atoms with Gasteiger partial charge in [0.25, 0.3) is 0 Å². The molecule has 3 heteroatoms. The molecule has 0 amide bonds. The third kappa shape index (κ3) is 3.32. The van der Waals surface area contributed by atoms with E-state index in [2.05, 4.69) is 0 Å². The van der Waals surface area contributed by atoms with Crippen LogP contribution in [0.4, 0.5) is 4.39 Å². The molecule has 2 aromatic rings. The number of para-hydroxylation sites is 1. The number of hydrogen-bond acceptors (Lipinski definition) is 2. The highest BCUT2D eigenvalue weighted by Crippen LogP contribution is 2.28. The molecule has 2 N–H and O–H groups in total. The van der Waals surface area contributed by atoms with Gasteiger partial charge in [0.2, 0.25) is 0 Å². The molecule has 0 aliphatic rings. The Kier molecular flexibility index (Phi) is 4.53. The second kappa shape index (κ2) is 6.34. The third-order valence-corrected chi connectivity index (χ3v) is 3.00. The summed E-state index contributed by atoms with van der Waals surface area (Å²) in [6.07, 6.45) is 1.52. The summed E-state index contributed by atoms with van der Waals surface area (Å²) in [6, 6.07) is 12.7. The lowest BCUT2D eigenvalue weighted by molar-refractivity contribution is 0.437. The Balaban J connectivity index is 2.23. The number of halogens is 1. The van der Waals surface area contributed by atoms with Crippen molar-refractivity contribution >= 4 is 0 Å². The first-order chi connectivity index (χ1) is 9.24. The van der Waals surface area contributed by atoms with Gasteiger partial charge in [-0.1, -0.05) is 31.2 Å². The van der Waals surface area contributed by atoms with Gasteiger partial charge >= 0.3 is 0 Å². The molecular weight excluding hydrogens is 241 g/mol. The fraction of sp³-hybridized carbons (Fsp3) is 0.250. The molecule has 0 spiro atoms. The number of nitrogens with two attached hydrogens (primary N) is 1. The van der Waals surface area contributed by atoms with Crippen molar-refractivity contribution in [2.75, 3.05) is 6.54 Å². The van der Waals surface area contributed by atoms with E-state index < -0.39 is 0 Å². The predicted octanol–water partition coefficient (Wildman–Crippen LogP) is 3.68. The fourth-order valence-corrected chi connectivity index (χ4v) is 1.96. The highest BCUT2D eigenvalue weighted by molar-refractivity contribution is 5.39. The zero-order valence-corrected chi connectivity index (χ0v) is 11.0. The van der Waals surface area contributed by atoms with Gasteiger partial charge in [0.15, 0.2) is 11.6 Å². The zero-order chi connectivity index (χ0) is 13.7. The van der Waals surface area contributed by atoms with E-state index in [1.54, 1.807) is 6.07 Å². The lowest BCUT2D eigenvalue weighted by Gasteiger charge is -2.11. The third-order valence-electron chi connectivity index (χ3n) is 3.00. The van der Waals surface area contributed by atoms with Gasteiger partial charge in [-0.05, 0) is 48.7 Å². The number of aryl methyl sites for hydroxylation is 1. The lowest BCUT2D eigenvalue weighted by atomic mass is 10.1. The molecule has 0 fully saturated rings. The summed E-state index contributed by atoms with van der Waals surface area (Å²) in [7, 11) is 0. The first kappa shape index (κ1) is 13.6. The highest BCUT2D eigenvalue weighted by atomic mass is 19.1. The van der Waals surface area contributed by atoms with Crippen molar-refractivity contribution in [3.8, 4) is 11.5 Å². The van der Waals surface area contributed by atoms with E-state index in [0.29, 0.717) is 18.7 Å². The molecule has 0 heterocycles. The zero-order valence-electron chi connectivity index (χ0n) is 11.0. The molecule has 0 aliphatic carbocycles. The van der Waals surface area contributed by atoms with E-state index in [9.17, 15) is 4.39 Å². The average Bonchev–Trinajstić information content (AvgIpc) is 2.43. The average molecular weight is 259 g/mol. The molecule has 0 bridgehead atoms. The molecule has 0 saturated carbocycles. The van der Waals surface area contributed by atoms with Crippen LogP contribution in [-0.2, 0) is 12.8 Å². The predicted molar refractivity (Wildman–Crippen MR) is 75.1 cm³/mol. The molecular formula is C16H18FNO. The Hall–Kier alpha value is -1.87. The molecule has 0 aliphatic heterocycles. The Bertz CT molecular complexity index is 554. The number of rotatable bonds is 5. The second-order valence-corrected chi connectivity index (χ2v) is 4.37. The van der Waals surface area contributed by atoms with Crippen LogP contribution in [0, 0.1) is 5.82 Å². The molecule has 2 aromatic carbocycles. The topological polar surface area (TPSA) is 35.2 Å². The van der Waals surface area contributed by atoms with Crippen LogP contribution in [0.1, 0.15) is 18.1 Å². The Morgan fingerprint density at radius 1 is 1.11 bits per heavy atom. The van der Waals surface area contributed by atoms with Gasteiger partial charge in [0.05, 0.1) is 0 Å². The van der Waals surface area contributed by atoms with Gasteiger partial charge in [-0.3, -0.25) is 0 Å². The Labute approximate surface area is 113 Å². The van der Waals surface area contributed by atoms with E-state index >= 15 is 0 Å². The second-order valence-electron chi connectivity index (χ2n) is 4.37. The molecule has 2 rings (SSSR count). The van der Waals surface area contributed by atoms with Crippen LogP contribution in [0.15, 0.2) is 42.5 Å². The van der Waals surface area contributed by atoms with E-state index in [1.807, 2.05) is 37.3 Å². The smallest absolute Gasteiger partial charge is 0.165 e. The Morgan fingerprint density at radius 3 is 2.58 bits per heavy atom. The van der Waals surface area contributed by atoms with Crippen LogP contribution < -0.4 is 10.5 Å². The van der Waals surface area contributed by atoms with Crippen LogP contribution in [0.5, 0.6) is 11.5 Å².